The maximum absolute atomic E-state index is 13.1. The van der Waals surface area contributed by atoms with Crippen LogP contribution in [0.25, 0.3) is 11.3 Å². The minimum absolute atomic E-state index is 0.0115. The molecular formula is C17H17F3N2O3. The first-order valence-corrected chi connectivity index (χ1v) is 7.42. The van der Waals surface area contributed by atoms with Crippen LogP contribution in [0.5, 0.6) is 5.75 Å². The number of hydrogen-bond acceptors (Lipinski definition) is 5. The Morgan fingerprint density at radius 1 is 1.28 bits per heavy atom. The summed E-state index contributed by atoms with van der Waals surface area (Å²) in [5.74, 6) is -0.0333. The van der Waals surface area contributed by atoms with Gasteiger partial charge in [0.2, 0.25) is 0 Å². The van der Waals surface area contributed by atoms with Gasteiger partial charge in [0.05, 0.1) is 16.8 Å². The summed E-state index contributed by atoms with van der Waals surface area (Å²) < 4.78 is 49.6. The van der Waals surface area contributed by atoms with E-state index in [0.29, 0.717) is 29.7 Å². The number of hydrogen-bond donors (Lipinski definition) is 1. The number of anilines is 1. The molecule has 1 heterocycles. The van der Waals surface area contributed by atoms with Crippen LogP contribution in [0.2, 0.25) is 0 Å². The van der Waals surface area contributed by atoms with Crippen LogP contribution < -0.4 is 10.5 Å². The summed E-state index contributed by atoms with van der Waals surface area (Å²) in [5.41, 5.74) is 6.04. The average Bonchev–Trinajstić information content (AvgIpc) is 2.54. The molecule has 1 aromatic carbocycles. The standard InChI is InChI=1S/C17H17F3N2O3/c1-3-24-9-25-14-7-12(17(18,19)20)6-10(2)15(14)13-5-4-11(8-23)16(21)22-13/h4-8H,3,9H2,1-2H3,(H2,21,22). The molecule has 134 valence electrons. The van der Waals surface area contributed by atoms with E-state index in [1.54, 1.807) is 6.92 Å². The van der Waals surface area contributed by atoms with E-state index in [9.17, 15) is 18.0 Å². The number of aromatic nitrogens is 1. The van der Waals surface area contributed by atoms with Gasteiger partial charge in [-0.05, 0) is 43.7 Å². The smallest absolute Gasteiger partial charge is 0.416 e. The number of pyridine rings is 1. The van der Waals surface area contributed by atoms with Gasteiger partial charge < -0.3 is 15.2 Å². The second kappa shape index (κ2) is 7.52. The molecule has 0 amide bonds. The molecule has 5 nitrogen and oxygen atoms in total. The van der Waals surface area contributed by atoms with Gasteiger partial charge >= 0.3 is 6.18 Å². The third-order valence-corrected chi connectivity index (χ3v) is 3.47. The molecule has 8 heteroatoms. The van der Waals surface area contributed by atoms with E-state index in [2.05, 4.69) is 4.98 Å². The number of ether oxygens (including phenoxy) is 2. The van der Waals surface area contributed by atoms with Gasteiger partial charge in [-0.15, -0.1) is 0 Å². The summed E-state index contributed by atoms with van der Waals surface area (Å²) in [5, 5.41) is 0. The van der Waals surface area contributed by atoms with E-state index in [1.165, 1.54) is 19.1 Å². The van der Waals surface area contributed by atoms with Crippen molar-refractivity contribution < 1.29 is 27.4 Å². The maximum atomic E-state index is 13.1. The topological polar surface area (TPSA) is 74.4 Å². The number of nitrogen functional groups attached to an aromatic ring is 1. The predicted molar refractivity (Wildman–Crippen MR) is 86.3 cm³/mol. The van der Waals surface area contributed by atoms with Gasteiger partial charge in [0.25, 0.3) is 0 Å². The van der Waals surface area contributed by atoms with E-state index in [0.717, 1.165) is 12.1 Å². The minimum atomic E-state index is -4.51. The molecule has 1 aromatic heterocycles. The molecule has 0 atom stereocenters. The second-order valence-electron chi connectivity index (χ2n) is 5.21. The average molecular weight is 354 g/mol. The second-order valence-corrected chi connectivity index (χ2v) is 5.21. The third kappa shape index (κ3) is 4.27. The number of rotatable bonds is 6. The highest BCUT2D eigenvalue weighted by molar-refractivity contribution is 5.83. The molecule has 2 N–H and O–H groups in total. The van der Waals surface area contributed by atoms with Crippen LogP contribution in [-0.2, 0) is 10.9 Å². The summed E-state index contributed by atoms with van der Waals surface area (Å²) in [6.45, 7) is 3.41. The SMILES string of the molecule is CCOCOc1cc(C(F)(F)F)cc(C)c1-c1ccc(C=O)c(N)n1. The van der Waals surface area contributed by atoms with Crippen LogP contribution in [-0.4, -0.2) is 24.7 Å². The van der Waals surface area contributed by atoms with Crippen LogP contribution in [0.1, 0.15) is 28.4 Å². The van der Waals surface area contributed by atoms with Crippen molar-refractivity contribution in [2.45, 2.75) is 20.0 Å². The quantitative estimate of drug-likeness (QED) is 0.485. The molecule has 25 heavy (non-hydrogen) atoms. The fourth-order valence-electron chi connectivity index (χ4n) is 2.27. The number of carbonyl (C=O) groups is 1. The summed E-state index contributed by atoms with van der Waals surface area (Å²) in [4.78, 5) is 15.0. The number of carbonyl (C=O) groups excluding carboxylic acids is 1. The first kappa shape index (κ1) is 18.7. The minimum Gasteiger partial charge on any atom is -0.467 e. The molecule has 0 aliphatic heterocycles. The van der Waals surface area contributed by atoms with Crippen LogP contribution in [0, 0.1) is 6.92 Å². The number of aryl methyl sites for hydroxylation is 1. The Labute approximate surface area is 142 Å². The molecule has 0 unspecified atom stereocenters. The first-order valence-electron chi connectivity index (χ1n) is 7.42. The van der Waals surface area contributed by atoms with Crippen molar-refractivity contribution in [1.29, 1.82) is 0 Å². The van der Waals surface area contributed by atoms with Gasteiger partial charge in [-0.3, -0.25) is 4.79 Å². The Kier molecular flexibility index (Phi) is 5.63. The van der Waals surface area contributed by atoms with Gasteiger partial charge in [0.1, 0.15) is 11.6 Å². The molecule has 0 spiro atoms. The summed E-state index contributed by atoms with van der Waals surface area (Å²) in [7, 11) is 0. The molecule has 0 aliphatic carbocycles. The fourth-order valence-corrected chi connectivity index (χ4v) is 2.27. The molecule has 0 saturated carbocycles. The number of halogens is 3. The molecule has 0 fully saturated rings. The van der Waals surface area contributed by atoms with Gasteiger partial charge in [-0.1, -0.05) is 0 Å². The monoisotopic (exact) mass is 354 g/mol. The van der Waals surface area contributed by atoms with Gasteiger partial charge in [-0.25, -0.2) is 4.98 Å². The lowest BCUT2D eigenvalue weighted by Gasteiger charge is -2.17. The van der Waals surface area contributed by atoms with E-state index in [1.807, 2.05) is 0 Å². The lowest BCUT2D eigenvalue weighted by Crippen LogP contribution is -2.09. The van der Waals surface area contributed by atoms with Crippen molar-refractivity contribution in [3.63, 3.8) is 0 Å². The summed E-state index contributed by atoms with van der Waals surface area (Å²) in [6.07, 6.45) is -3.96. The van der Waals surface area contributed by atoms with Crippen molar-refractivity contribution in [3.05, 3.63) is 41.0 Å². The highest BCUT2D eigenvalue weighted by atomic mass is 19.4. The molecule has 0 saturated heterocycles. The lowest BCUT2D eigenvalue weighted by atomic mass is 9.99. The highest BCUT2D eigenvalue weighted by Gasteiger charge is 2.32. The molecule has 0 bridgehead atoms. The van der Waals surface area contributed by atoms with Crippen molar-refractivity contribution in [2.75, 3.05) is 19.1 Å². The van der Waals surface area contributed by atoms with E-state index in [4.69, 9.17) is 15.2 Å². The van der Waals surface area contributed by atoms with E-state index >= 15 is 0 Å². The molecular weight excluding hydrogens is 337 g/mol. The Hall–Kier alpha value is -2.61. The number of nitrogens with zero attached hydrogens (tertiary/aromatic N) is 1. The van der Waals surface area contributed by atoms with Crippen molar-refractivity contribution >= 4 is 12.1 Å². The fraction of sp³-hybridized carbons (Fsp3) is 0.294. The van der Waals surface area contributed by atoms with Gasteiger partial charge in [0.15, 0.2) is 13.1 Å². The Bertz CT molecular complexity index is 776. The first-order chi connectivity index (χ1) is 11.8. The van der Waals surface area contributed by atoms with Crippen LogP contribution in [0.15, 0.2) is 24.3 Å². The van der Waals surface area contributed by atoms with Gasteiger partial charge in [-0.2, -0.15) is 13.2 Å². The number of nitrogens with two attached hydrogens (primary N) is 1. The predicted octanol–water partition coefficient (Wildman–Crippen LogP) is 3.84. The van der Waals surface area contributed by atoms with E-state index in [-0.39, 0.29) is 23.9 Å². The lowest BCUT2D eigenvalue weighted by molar-refractivity contribution is -0.137. The van der Waals surface area contributed by atoms with Crippen molar-refractivity contribution in [3.8, 4) is 17.0 Å². The normalized spacial score (nSPS) is 11.4. The number of aldehydes is 1. The third-order valence-electron chi connectivity index (χ3n) is 3.47. The molecule has 2 rings (SSSR count). The summed E-state index contributed by atoms with van der Waals surface area (Å²) >= 11 is 0. The number of benzene rings is 1. The zero-order chi connectivity index (χ0) is 18.6. The number of alkyl halides is 3. The Morgan fingerprint density at radius 3 is 2.56 bits per heavy atom. The highest BCUT2D eigenvalue weighted by Crippen LogP contribution is 2.39. The van der Waals surface area contributed by atoms with Crippen LogP contribution >= 0.6 is 0 Å². The Morgan fingerprint density at radius 2 is 2.00 bits per heavy atom. The summed E-state index contributed by atoms with van der Waals surface area (Å²) in [6, 6.07) is 4.86. The zero-order valence-corrected chi connectivity index (χ0v) is 13.7. The van der Waals surface area contributed by atoms with Crippen LogP contribution in [0.4, 0.5) is 19.0 Å². The zero-order valence-electron chi connectivity index (χ0n) is 13.7. The Balaban J connectivity index is 2.58. The van der Waals surface area contributed by atoms with Crippen molar-refractivity contribution in [2.24, 2.45) is 0 Å². The van der Waals surface area contributed by atoms with Crippen molar-refractivity contribution in [1.82, 2.24) is 4.98 Å². The largest absolute Gasteiger partial charge is 0.467 e. The molecule has 0 radical (unpaired) electrons. The molecule has 0 aliphatic rings. The van der Waals surface area contributed by atoms with E-state index < -0.39 is 11.7 Å². The maximum Gasteiger partial charge on any atom is 0.416 e. The van der Waals surface area contributed by atoms with Crippen LogP contribution in [0.3, 0.4) is 0 Å². The van der Waals surface area contributed by atoms with Gasteiger partial charge in [0, 0.05) is 12.2 Å². The molecule has 2 aromatic rings.